The number of carboxylic acid groups (broad SMARTS) is 2. The van der Waals surface area contributed by atoms with Crippen molar-refractivity contribution in [2.45, 2.75) is 6.10 Å². The molecule has 1 heterocycles. The molecule has 4 N–H and O–H groups in total. The number of rotatable bonds is 11. The molecule has 210 valence electrons. The molecule has 1 aliphatic heterocycles. The van der Waals surface area contributed by atoms with E-state index in [1.54, 1.807) is 0 Å². The van der Waals surface area contributed by atoms with Gasteiger partial charge in [-0.25, -0.2) is 9.59 Å². The highest BCUT2D eigenvalue weighted by atomic mass is 16.5. The van der Waals surface area contributed by atoms with Gasteiger partial charge in [0.05, 0.1) is 6.61 Å². The van der Waals surface area contributed by atoms with Crippen molar-refractivity contribution in [3.63, 3.8) is 0 Å². The Bertz CT molecular complexity index is 1180. The average Bonchev–Trinajstić information content (AvgIpc) is 2.96. The van der Waals surface area contributed by atoms with Crippen molar-refractivity contribution in [3.05, 3.63) is 120 Å². The number of nitrogens with zero attached hydrogens (tertiary/aromatic N) is 2. The van der Waals surface area contributed by atoms with Crippen LogP contribution in [0.25, 0.3) is 6.08 Å². The highest BCUT2D eigenvalue weighted by Gasteiger charge is 2.18. The Morgan fingerprint density at radius 2 is 1.35 bits per heavy atom. The molecular weight excluding hydrogens is 506 g/mol. The predicted molar refractivity (Wildman–Crippen MR) is 158 cm³/mol. The van der Waals surface area contributed by atoms with E-state index in [1.807, 2.05) is 18.2 Å². The van der Waals surface area contributed by atoms with Crippen molar-refractivity contribution in [3.8, 4) is 0 Å². The summed E-state index contributed by atoms with van der Waals surface area (Å²) in [5, 5.41) is 15.6. The molecule has 3 aromatic rings. The second-order valence-corrected chi connectivity index (χ2v) is 9.30. The molecule has 4 rings (SSSR count). The largest absolute Gasteiger partial charge is 0.478 e. The Balaban J connectivity index is 0.000000482. The maximum absolute atomic E-state index is 9.55. The number of hydrogen-bond donors (Lipinski definition) is 3. The Morgan fingerprint density at radius 1 is 0.800 bits per heavy atom. The smallest absolute Gasteiger partial charge is 0.328 e. The van der Waals surface area contributed by atoms with Crippen molar-refractivity contribution >= 4 is 23.7 Å². The molecule has 0 radical (unpaired) electrons. The second-order valence-electron chi connectivity index (χ2n) is 9.30. The number of hydrogen-bond acceptors (Lipinski definition) is 6. The minimum Gasteiger partial charge on any atom is -0.478 e. The zero-order valence-electron chi connectivity index (χ0n) is 22.5. The van der Waals surface area contributed by atoms with Gasteiger partial charge in [-0.1, -0.05) is 84.9 Å². The number of carboxylic acids is 2. The van der Waals surface area contributed by atoms with E-state index in [4.69, 9.17) is 20.7 Å². The number of benzene rings is 3. The van der Waals surface area contributed by atoms with Crippen LogP contribution in [0.3, 0.4) is 0 Å². The van der Waals surface area contributed by atoms with Crippen molar-refractivity contribution in [1.29, 1.82) is 0 Å². The summed E-state index contributed by atoms with van der Waals surface area (Å²) >= 11 is 0. The van der Waals surface area contributed by atoms with E-state index in [9.17, 15) is 9.59 Å². The Labute approximate surface area is 235 Å². The lowest BCUT2D eigenvalue weighted by atomic mass is 10.0. The summed E-state index contributed by atoms with van der Waals surface area (Å²) in [5.74, 6) is -2.51. The van der Waals surface area contributed by atoms with Crippen LogP contribution in [0.1, 0.15) is 22.8 Å². The first-order chi connectivity index (χ1) is 19.4. The first-order valence-corrected chi connectivity index (χ1v) is 13.2. The molecule has 0 atom stereocenters. The van der Waals surface area contributed by atoms with Crippen LogP contribution in [-0.2, 0) is 14.3 Å². The van der Waals surface area contributed by atoms with Gasteiger partial charge in [0.15, 0.2) is 0 Å². The maximum atomic E-state index is 9.55. The van der Waals surface area contributed by atoms with Gasteiger partial charge in [-0.15, -0.1) is 0 Å². The maximum Gasteiger partial charge on any atom is 0.328 e. The van der Waals surface area contributed by atoms with Crippen LogP contribution < -0.4 is 5.73 Å². The molecule has 8 heteroatoms. The molecule has 0 saturated carbocycles. The third-order valence-electron chi connectivity index (χ3n) is 6.31. The van der Waals surface area contributed by atoms with Crippen LogP contribution in [0.4, 0.5) is 5.69 Å². The van der Waals surface area contributed by atoms with E-state index in [0.29, 0.717) is 12.2 Å². The lowest BCUT2D eigenvalue weighted by molar-refractivity contribution is -0.134. The molecule has 3 aromatic carbocycles. The van der Waals surface area contributed by atoms with Crippen LogP contribution in [0.5, 0.6) is 0 Å². The molecule has 1 aliphatic rings. The average molecular weight is 544 g/mol. The molecule has 0 aliphatic carbocycles. The summed E-state index contributed by atoms with van der Waals surface area (Å²) in [6, 6.07) is 29.0. The van der Waals surface area contributed by atoms with Gasteiger partial charge in [0.1, 0.15) is 6.10 Å². The number of nitrogen functional groups attached to an aromatic ring is 1. The Hall–Kier alpha value is -4.24. The van der Waals surface area contributed by atoms with E-state index >= 15 is 0 Å². The second kappa shape index (κ2) is 16.7. The van der Waals surface area contributed by atoms with Crippen molar-refractivity contribution in [1.82, 2.24) is 9.80 Å². The van der Waals surface area contributed by atoms with Gasteiger partial charge in [-0.05, 0) is 28.8 Å². The lowest BCUT2D eigenvalue weighted by Crippen LogP contribution is -2.47. The highest BCUT2D eigenvalue weighted by Crippen LogP contribution is 2.25. The summed E-state index contributed by atoms with van der Waals surface area (Å²) in [6.45, 7) is 6.99. The Kier molecular flexibility index (Phi) is 12.6. The third-order valence-corrected chi connectivity index (χ3v) is 6.31. The molecule has 1 saturated heterocycles. The van der Waals surface area contributed by atoms with E-state index in [1.165, 1.54) is 11.1 Å². The lowest BCUT2D eigenvalue weighted by Gasteiger charge is -2.34. The monoisotopic (exact) mass is 543 g/mol. The molecule has 0 unspecified atom stereocenters. The number of ether oxygens (including phenoxy) is 1. The highest BCUT2D eigenvalue weighted by molar-refractivity contribution is 5.89. The van der Waals surface area contributed by atoms with Crippen molar-refractivity contribution in [2.24, 2.45) is 0 Å². The zero-order chi connectivity index (χ0) is 28.6. The standard InChI is InChI=1S/C28H33N3O.C4H4O4/c29-27-15-7-9-24(23-27)10-8-16-30-17-19-31(20-18-30)21-22-32-28(25-11-3-1-4-12-25)26-13-5-2-6-14-26;5-3(6)1-2-4(7)8/h1-15,23,28H,16-22,29H2;1-2H,(H,5,6)(H,7,8)/b10-8+;2-1-. The normalized spacial score (nSPS) is 14.3. The van der Waals surface area contributed by atoms with E-state index in [0.717, 1.165) is 57.1 Å². The minimum atomic E-state index is -1.26. The van der Waals surface area contributed by atoms with E-state index in [-0.39, 0.29) is 6.10 Å². The van der Waals surface area contributed by atoms with Crippen LogP contribution in [0, 0.1) is 0 Å². The fourth-order valence-corrected chi connectivity index (χ4v) is 4.28. The van der Waals surface area contributed by atoms with Gasteiger partial charge in [0.2, 0.25) is 0 Å². The fraction of sp³-hybridized carbons (Fsp3) is 0.250. The van der Waals surface area contributed by atoms with Crippen LogP contribution in [0.15, 0.2) is 103 Å². The molecule has 0 aromatic heterocycles. The molecular formula is C32H37N3O5. The van der Waals surface area contributed by atoms with Crippen molar-refractivity contribution < 1.29 is 24.5 Å². The number of nitrogens with two attached hydrogens (primary N) is 1. The van der Waals surface area contributed by atoms with Gasteiger partial charge in [0.25, 0.3) is 0 Å². The summed E-state index contributed by atoms with van der Waals surface area (Å²) in [5.41, 5.74) is 10.2. The van der Waals surface area contributed by atoms with Crippen LogP contribution in [-0.4, -0.2) is 77.8 Å². The first-order valence-electron chi connectivity index (χ1n) is 13.2. The minimum absolute atomic E-state index is 0.0177. The molecule has 0 amide bonds. The summed E-state index contributed by atoms with van der Waals surface area (Å²) in [6.07, 6.45) is 5.49. The first kappa shape index (κ1) is 30.3. The van der Waals surface area contributed by atoms with Gasteiger partial charge < -0.3 is 20.7 Å². The molecule has 40 heavy (non-hydrogen) atoms. The number of aliphatic carboxylic acids is 2. The fourth-order valence-electron chi connectivity index (χ4n) is 4.28. The van der Waals surface area contributed by atoms with Crippen LogP contribution >= 0.6 is 0 Å². The van der Waals surface area contributed by atoms with Crippen molar-refractivity contribution in [2.75, 3.05) is 51.6 Å². The zero-order valence-corrected chi connectivity index (χ0v) is 22.5. The quantitative estimate of drug-likeness (QED) is 0.241. The van der Waals surface area contributed by atoms with Crippen LogP contribution in [0.2, 0.25) is 0 Å². The molecule has 8 nitrogen and oxygen atoms in total. The van der Waals surface area contributed by atoms with E-state index < -0.39 is 11.9 Å². The SMILES string of the molecule is Nc1cccc(/C=C/CN2CCN(CCOC(c3ccccc3)c3ccccc3)CC2)c1.O=C(O)/C=C\C(=O)O. The summed E-state index contributed by atoms with van der Waals surface area (Å²) in [4.78, 5) is 24.1. The van der Waals surface area contributed by atoms with Gasteiger partial charge in [0, 0.05) is 57.1 Å². The van der Waals surface area contributed by atoms with Gasteiger partial charge in [-0.3, -0.25) is 9.80 Å². The molecule has 0 spiro atoms. The van der Waals surface area contributed by atoms with Gasteiger partial charge >= 0.3 is 11.9 Å². The topological polar surface area (TPSA) is 116 Å². The van der Waals surface area contributed by atoms with E-state index in [2.05, 4.69) is 88.7 Å². The third kappa shape index (κ3) is 11.2. The number of anilines is 1. The number of carbonyl (C=O) groups is 2. The number of piperazine rings is 1. The van der Waals surface area contributed by atoms with Gasteiger partial charge in [-0.2, -0.15) is 0 Å². The predicted octanol–water partition coefficient (Wildman–Crippen LogP) is 4.42. The molecule has 0 bridgehead atoms. The molecule has 1 fully saturated rings. The summed E-state index contributed by atoms with van der Waals surface area (Å²) in [7, 11) is 0. The Morgan fingerprint density at radius 3 is 1.88 bits per heavy atom. The summed E-state index contributed by atoms with van der Waals surface area (Å²) < 4.78 is 6.39.